The van der Waals surface area contributed by atoms with Crippen LogP contribution in [0.5, 0.6) is 0 Å². The van der Waals surface area contributed by atoms with E-state index in [0.717, 1.165) is 23.5 Å². The van der Waals surface area contributed by atoms with E-state index in [-0.39, 0.29) is 12.7 Å². The molecule has 25 heavy (non-hydrogen) atoms. The molecule has 134 valence electrons. The van der Waals surface area contributed by atoms with Crippen molar-refractivity contribution >= 4 is 20.3 Å². The summed E-state index contributed by atoms with van der Waals surface area (Å²) in [5.41, 5.74) is 2.65. The molecule has 0 aliphatic carbocycles. The summed E-state index contributed by atoms with van der Waals surface area (Å²) in [6, 6.07) is 6.15. The quantitative estimate of drug-likeness (QED) is 0.234. The second kappa shape index (κ2) is 7.71. The van der Waals surface area contributed by atoms with Crippen molar-refractivity contribution in [2.24, 2.45) is 0 Å². The van der Waals surface area contributed by atoms with Crippen LogP contribution in [0.15, 0.2) is 24.4 Å². The van der Waals surface area contributed by atoms with Gasteiger partial charge in [0.2, 0.25) is 0 Å². The lowest BCUT2D eigenvalue weighted by Gasteiger charge is -2.14. The number of carbonyl (C=O) groups is 1. The third-order valence-corrected chi connectivity index (χ3v) is 5.51. The van der Waals surface area contributed by atoms with Gasteiger partial charge in [-0.25, -0.2) is 4.57 Å². The number of hydrogen-bond acceptors (Lipinski definition) is 5. The van der Waals surface area contributed by atoms with Gasteiger partial charge in [-0.1, -0.05) is 36.8 Å². The Bertz CT molecular complexity index is 781. The molecule has 1 aromatic heterocycles. The van der Waals surface area contributed by atoms with Gasteiger partial charge in [0.05, 0.1) is 0 Å². The Labute approximate surface area is 147 Å². The van der Waals surface area contributed by atoms with Crippen molar-refractivity contribution in [1.29, 1.82) is 0 Å². The fourth-order valence-electron chi connectivity index (χ4n) is 2.37. The largest absolute Gasteiger partial charge is 0.437 e. The van der Waals surface area contributed by atoms with Gasteiger partial charge in [0.1, 0.15) is 12.5 Å². The van der Waals surface area contributed by atoms with E-state index in [4.69, 9.17) is 4.74 Å². The molecule has 0 aliphatic heterocycles. The molecule has 0 N–H and O–H groups in total. The van der Waals surface area contributed by atoms with Crippen molar-refractivity contribution in [2.75, 3.05) is 6.61 Å². The van der Waals surface area contributed by atoms with E-state index in [9.17, 15) is 14.9 Å². The van der Waals surface area contributed by atoms with E-state index < -0.39 is 13.0 Å². The lowest BCUT2D eigenvalue weighted by molar-refractivity contribution is -0.397. The predicted molar refractivity (Wildman–Crippen MR) is 98.5 cm³/mol. The first-order valence-corrected chi connectivity index (χ1v) is 11.8. The molecule has 0 spiro atoms. The van der Waals surface area contributed by atoms with Crippen molar-refractivity contribution in [3.05, 3.63) is 45.6 Å². The molecule has 0 radical (unpaired) electrons. The topological polar surface area (TPSA) is 87.3 Å². The molecule has 0 fully saturated rings. The van der Waals surface area contributed by atoms with E-state index >= 15 is 0 Å². The maximum absolute atomic E-state index is 11.3. The number of imidazole rings is 1. The molecule has 0 aliphatic rings. The highest BCUT2D eigenvalue weighted by Gasteiger charge is 2.22. The molecular weight excluding hydrogens is 338 g/mol. The SMILES string of the molecule is Cc1cc(C=O)ccc1-c1cn(COCC[Si](C)(C)C)c([N+](=O)[O-])n1. The Morgan fingerprint density at radius 2 is 2.08 bits per heavy atom. The summed E-state index contributed by atoms with van der Waals surface area (Å²) < 4.78 is 7.02. The monoisotopic (exact) mass is 361 g/mol. The Kier molecular flexibility index (Phi) is 5.86. The number of aryl methyl sites for hydroxylation is 1. The van der Waals surface area contributed by atoms with Gasteiger partial charge >= 0.3 is 5.95 Å². The fourth-order valence-corrected chi connectivity index (χ4v) is 3.12. The van der Waals surface area contributed by atoms with Gasteiger partial charge in [-0.15, -0.1) is 0 Å². The molecule has 0 amide bonds. The zero-order valence-electron chi connectivity index (χ0n) is 15.0. The zero-order chi connectivity index (χ0) is 18.6. The molecular formula is C17H23N3O4Si. The average Bonchev–Trinajstić information content (AvgIpc) is 2.94. The molecule has 1 heterocycles. The summed E-state index contributed by atoms with van der Waals surface area (Å²) in [7, 11) is -1.21. The first-order valence-electron chi connectivity index (χ1n) is 8.07. The fraction of sp³-hybridized carbons (Fsp3) is 0.412. The zero-order valence-corrected chi connectivity index (χ0v) is 16.0. The molecule has 0 unspecified atom stereocenters. The summed E-state index contributed by atoms with van der Waals surface area (Å²) in [5, 5.41) is 11.3. The highest BCUT2D eigenvalue weighted by atomic mass is 28.3. The highest BCUT2D eigenvalue weighted by Crippen LogP contribution is 2.26. The maximum Gasteiger partial charge on any atom is 0.437 e. The number of aldehydes is 1. The van der Waals surface area contributed by atoms with Gasteiger partial charge in [0.25, 0.3) is 0 Å². The second-order valence-electron chi connectivity index (χ2n) is 7.19. The van der Waals surface area contributed by atoms with Crippen LogP contribution < -0.4 is 0 Å². The third-order valence-electron chi connectivity index (χ3n) is 3.81. The first kappa shape index (κ1) is 19.0. The number of ether oxygens (including phenoxy) is 1. The van der Waals surface area contributed by atoms with Crippen LogP contribution in [-0.4, -0.2) is 35.4 Å². The lowest BCUT2D eigenvalue weighted by atomic mass is 10.0. The second-order valence-corrected chi connectivity index (χ2v) is 12.8. The minimum Gasteiger partial charge on any atom is -0.390 e. The van der Waals surface area contributed by atoms with Crippen LogP contribution in [0.4, 0.5) is 5.95 Å². The molecule has 1 aromatic carbocycles. The van der Waals surface area contributed by atoms with Crippen molar-refractivity contribution in [3.63, 3.8) is 0 Å². The van der Waals surface area contributed by atoms with Crippen LogP contribution in [-0.2, 0) is 11.5 Å². The molecule has 0 saturated heterocycles. The molecule has 8 heteroatoms. The standard InChI is InChI=1S/C17H23N3O4Si/c1-13-9-14(11-21)5-6-15(13)16-10-19(17(18-16)20(22)23)12-24-7-8-25(2,3)4/h5-6,9-11H,7-8,12H2,1-4H3. The number of aromatic nitrogens is 2. The van der Waals surface area contributed by atoms with E-state index in [2.05, 4.69) is 24.6 Å². The predicted octanol–water partition coefficient (Wildman–Crippen LogP) is 3.89. The Morgan fingerprint density at radius 1 is 1.36 bits per heavy atom. The van der Waals surface area contributed by atoms with Gasteiger partial charge < -0.3 is 14.9 Å². The summed E-state index contributed by atoms with van der Waals surface area (Å²) in [6.45, 7) is 9.27. The number of nitrogens with zero attached hydrogens (tertiary/aromatic N) is 3. The normalized spacial score (nSPS) is 11.5. The van der Waals surface area contributed by atoms with E-state index in [0.29, 0.717) is 17.9 Å². The van der Waals surface area contributed by atoms with Crippen LogP contribution in [0.25, 0.3) is 11.3 Å². The molecule has 7 nitrogen and oxygen atoms in total. The average molecular weight is 361 g/mol. The van der Waals surface area contributed by atoms with Gasteiger partial charge in [0.15, 0.2) is 12.4 Å². The van der Waals surface area contributed by atoms with Crippen molar-refractivity contribution in [2.45, 2.75) is 39.3 Å². The number of nitro groups is 1. The third kappa shape index (κ3) is 5.07. The van der Waals surface area contributed by atoms with Gasteiger partial charge in [-0.3, -0.25) is 4.79 Å². The summed E-state index contributed by atoms with van der Waals surface area (Å²) in [5.74, 6) is -0.248. The van der Waals surface area contributed by atoms with Gasteiger partial charge in [-0.05, 0) is 29.5 Å². The number of benzene rings is 1. The van der Waals surface area contributed by atoms with E-state index in [1.54, 1.807) is 24.4 Å². The summed E-state index contributed by atoms with van der Waals surface area (Å²) >= 11 is 0. The van der Waals surface area contributed by atoms with Crippen molar-refractivity contribution in [1.82, 2.24) is 9.55 Å². The molecule has 0 saturated carbocycles. The van der Waals surface area contributed by atoms with Gasteiger partial charge in [0, 0.05) is 25.8 Å². The van der Waals surface area contributed by atoms with Crippen LogP contribution >= 0.6 is 0 Å². The highest BCUT2D eigenvalue weighted by molar-refractivity contribution is 6.76. The minimum atomic E-state index is -1.21. The first-order chi connectivity index (χ1) is 11.7. The number of hydrogen-bond donors (Lipinski definition) is 0. The Balaban J connectivity index is 2.21. The number of rotatable bonds is 8. The summed E-state index contributed by atoms with van der Waals surface area (Å²) in [6.07, 6.45) is 2.39. The molecule has 0 bridgehead atoms. The minimum absolute atomic E-state index is 0.0965. The molecule has 2 aromatic rings. The van der Waals surface area contributed by atoms with Crippen molar-refractivity contribution in [3.8, 4) is 11.3 Å². The summed E-state index contributed by atoms with van der Waals surface area (Å²) in [4.78, 5) is 25.7. The van der Waals surface area contributed by atoms with E-state index in [1.165, 1.54) is 4.57 Å². The Hall–Kier alpha value is -2.32. The maximum atomic E-state index is 11.3. The lowest BCUT2D eigenvalue weighted by Crippen LogP contribution is -2.22. The van der Waals surface area contributed by atoms with Crippen molar-refractivity contribution < 1.29 is 14.5 Å². The molecule has 0 atom stereocenters. The smallest absolute Gasteiger partial charge is 0.390 e. The van der Waals surface area contributed by atoms with Crippen LogP contribution in [0.3, 0.4) is 0 Å². The van der Waals surface area contributed by atoms with Gasteiger partial charge in [-0.2, -0.15) is 0 Å². The van der Waals surface area contributed by atoms with Crippen LogP contribution in [0.1, 0.15) is 15.9 Å². The van der Waals surface area contributed by atoms with Crippen LogP contribution in [0.2, 0.25) is 25.7 Å². The Morgan fingerprint density at radius 3 is 2.64 bits per heavy atom. The van der Waals surface area contributed by atoms with Crippen LogP contribution in [0, 0.1) is 17.0 Å². The number of carbonyl (C=O) groups excluding carboxylic acids is 1. The molecule has 2 rings (SSSR count). The van der Waals surface area contributed by atoms with E-state index in [1.807, 2.05) is 6.92 Å².